The first-order valence-corrected chi connectivity index (χ1v) is 17.2. The number of aliphatic hydroxyl groups excluding tert-OH is 1. The number of hydrogen-bond acceptors (Lipinski definition) is 10. The van der Waals surface area contributed by atoms with Gasteiger partial charge < -0.3 is 24.1 Å². The maximum absolute atomic E-state index is 14.0. The fourth-order valence-corrected chi connectivity index (χ4v) is 7.84. The van der Waals surface area contributed by atoms with Crippen molar-refractivity contribution in [3.8, 4) is 0 Å². The van der Waals surface area contributed by atoms with E-state index in [1.165, 1.54) is 16.4 Å². The highest BCUT2D eigenvalue weighted by molar-refractivity contribution is 7.89. The summed E-state index contributed by atoms with van der Waals surface area (Å²) in [5, 5.41) is 9.78. The number of benzene rings is 2. The molecule has 2 aliphatic rings. The van der Waals surface area contributed by atoms with Gasteiger partial charge in [-0.1, -0.05) is 35.4 Å². The Kier molecular flexibility index (Phi) is 10.4. The highest BCUT2D eigenvalue weighted by Gasteiger charge is 2.42. The first-order valence-electron chi connectivity index (χ1n) is 14.3. The quantitative estimate of drug-likeness (QED) is 0.363. The summed E-state index contributed by atoms with van der Waals surface area (Å²) < 4.78 is 84.2. The predicted octanol–water partition coefficient (Wildman–Crippen LogP) is 3.51. The Labute approximate surface area is 255 Å². The summed E-state index contributed by atoms with van der Waals surface area (Å²) in [5.74, 6) is -2.15. The Morgan fingerprint density at radius 2 is 1.14 bits per heavy atom. The van der Waals surface area contributed by atoms with E-state index in [1.54, 1.807) is 64.1 Å². The van der Waals surface area contributed by atoms with Crippen LogP contribution in [0.2, 0.25) is 0 Å². The molecule has 2 heterocycles. The van der Waals surface area contributed by atoms with Crippen LogP contribution < -0.4 is 0 Å². The van der Waals surface area contributed by atoms with Gasteiger partial charge in [0.2, 0.25) is 10.0 Å². The molecule has 2 fully saturated rings. The maximum Gasteiger partial charge on any atom is 0.297 e. The van der Waals surface area contributed by atoms with E-state index in [0.29, 0.717) is 6.42 Å². The number of sulfonamides is 1. The molecule has 1 N–H and O–H groups in total. The summed E-state index contributed by atoms with van der Waals surface area (Å²) in [6.07, 6.45) is -1.92. The Bertz CT molecular complexity index is 1440. The van der Waals surface area contributed by atoms with Crippen molar-refractivity contribution in [1.29, 1.82) is 0 Å². The first-order chi connectivity index (χ1) is 20.0. The minimum atomic E-state index is -4.03. The molecule has 0 spiro atoms. The van der Waals surface area contributed by atoms with Crippen molar-refractivity contribution in [2.24, 2.45) is 0 Å². The van der Waals surface area contributed by atoms with Crippen LogP contribution in [0.1, 0.15) is 51.7 Å². The molecule has 2 aliphatic heterocycles. The molecule has 2 aromatic rings. The monoisotopic (exact) mass is 641 g/mol. The SMILES string of the molecule is Cc1ccc(S(=O)(=O)OC[C@@H]2C[C@H](CN(C[C@H]3C[C@@H](CO)OC(C)(C)O3)S(=O)(=O)c3ccc(C)cc3)OC(C)(C)O2)cc1. The van der Waals surface area contributed by atoms with Gasteiger partial charge in [-0.2, -0.15) is 12.7 Å². The molecule has 240 valence electrons. The first kappa shape index (κ1) is 33.9. The number of ether oxygens (including phenoxy) is 4. The van der Waals surface area contributed by atoms with Crippen LogP contribution in [0.5, 0.6) is 0 Å². The molecule has 4 atom stereocenters. The molecule has 0 unspecified atom stereocenters. The number of nitrogens with zero attached hydrogens (tertiary/aromatic N) is 1. The van der Waals surface area contributed by atoms with Crippen LogP contribution in [0.25, 0.3) is 0 Å². The van der Waals surface area contributed by atoms with E-state index in [9.17, 15) is 21.9 Å². The van der Waals surface area contributed by atoms with Crippen LogP contribution in [-0.4, -0.2) is 88.5 Å². The van der Waals surface area contributed by atoms with E-state index in [1.807, 2.05) is 13.8 Å². The zero-order chi connectivity index (χ0) is 31.6. The van der Waals surface area contributed by atoms with Gasteiger partial charge in [-0.05, 0) is 65.8 Å². The lowest BCUT2D eigenvalue weighted by Crippen LogP contribution is -2.54. The molecule has 4 rings (SSSR count). The van der Waals surface area contributed by atoms with Gasteiger partial charge in [0, 0.05) is 25.9 Å². The molecule has 2 aromatic carbocycles. The lowest BCUT2D eigenvalue weighted by molar-refractivity contribution is -0.308. The van der Waals surface area contributed by atoms with Crippen LogP contribution in [0.15, 0.2) is 58.3 Å². The smallest absolute Gasteiger partial charge is 0.297 e. The lowest BCUT2D eigenvalue weighted by Gasteiger charge is -2.44. The van der Waals surface area contributed by atoms with E-state index < -0.39 is 56.1 Å². The van der Waals surface area contributed by atoms with Gasteiger partial charge in [-0.25, -0.2) is 8.42 Å². The molecule has 13 heteroatoms. The van der Waals surface area contributed by atoms with Crippen molar-refractivity contribution in [1.82, 2.24) is 4.31 Å². The van der Waals surface area contributed by atoms with Crippen LogP contribution in [0.4, 0.5) is 0 Å². The number of aliphatic hydroxyl groups is 1. The number of rotatable bonds is 11. The molecular formula is C30H43NO10S2. The molecule has 0 aliphatic carbocycles. The average Bonchev–Trinajstić information content (AvgIpc) is 2.90. The van der Waals surface area contributed by atoms with Crippen molar-refractivity contribution < 1.29 is 45.1 Å². The second-order valence-electron chi connectivity index (χ2n) is 12.1. The van der Waals surface area contributed by atoms with Crippen LogP contribution in [0, 0.1) is 13.8 Å². The summed E-state index contributed by atoms with van der Waals surface area (Å²) in [7, 11) is -8.04. The maximum atomic E-state index is 14.0. The van der Waals surface area contributed by atoms with Gasteiger partial charge in [0.15, 0.2) is 11.6 Å². The summed E-state index contributed by atoms with van der Waals surface area (Å²) in [5.41, 5.74) is 1.84. The second-order valence-corrected chi connectivity index (χ2v) is 15.7. The van der Waals surface area contributed by atoms with E-state index in [2.05, 4.69) is 0 Å². The van der Waals surface area contributed by atoms with Gasteiger partial charge in [-0.3, -0.25) is 4.18 Å². The second kappa shape index (κ2) is 13.2. The normalized spacial score (nSPS) is 26.0. The van der Waals surface area contributed by atoms with Gasteiger partial charge in [0.1, 0.15) is 0 Å². The highest BCUT2D eigenvalue weighted by Crippen LogP contribution is 2.32. The van der Waals surface area contributed by atoms with E-state index in [4.69, 9.17) is 23.1 Å². The Morgan fingerprint density at radius 3 is 1.63 bits per heavy atom. The largest absolute Gasteiger partial charge is 0.394 e. The molecule has 0 radical (unpaired) electrons. The molecule has 0 aromatic heterocycles. The molecular weight excluding hydrogens is 598 g/mol. The zero-order valence-corrected chi connectivity index (χ0v) is 27.2. The number of hydrogen-bond donors (Lipinski definition) is 1. The third kappa shape index (κ3) is 9.05. The Morgan fingerprint density at radius 1 is 0.721 bits per heavy atom. The van der Waals surface area contributed by atoms with Gasteiger partial charge in [0.25, 0.3) is 10.1 Å². The van der Waals surface area contributed by atoms with Crippen LogP contribution in [0.3, 0.4) is 0 Å². The van der Waals surface area contributed by atoms with Crippen molar-refractivity contribution in [2.45, 2.75) is 100 Å². The van der Waals surface area contributed by atoms with Gasteiger partial charge in [0.05, 0.1) is 47.4 Å². The third-order valence-electron chi connectivity index (χ3n) is 7.25. The topological polar surface area (TPSA) is 138 Å². The van der Waals surface area contributed by atoms with Crippen LogP contribution >= 0.6 is 0 Å². The highest BCUT2D eigenvalue weighted by atomic mass is 32.2. The minimum absolute atomic E-state index is 0.0103. The van der Waals surface area contributed by atoms with Gasteiger partial charge in [-0.15, -0.1) is 0 Å². The molecule has 0 saturated carbocycles. The van der Waals surface area contributed by atoms with Crippen LogP contribution in [-0.2, 0) is 43.3 Å². The summed E-state index contributed by atoms with van der Waals surface area (Å²) in [6, 6.07) is 12.9. The van der Waals surface area contributed by atoms with Crippen molar-refractivity contribution in [3.63, 3.8) is 0 Å². The van der Waals surface area contributed by atoms with Crippen molar-refractivity contribution >= 4 is 20.1 Å². The Balaban J connectivity index is 1.55. The van der Waals surface area contributed by atoms with Crippen molar-refractivity contribution in [3.05, 3.63) is 59.7 Å². The Hall–Kier alpha value is -1.94. The predicted molar refractivity (Wildman–Crippen MR) is 158 cm³/mol. The van der Waals surface area contributed by atoms with E-state index >= 15 is 0 Å². The minimum Gasteiger partial charge on any atom is -0.394 e. The standard InChI is InChI=1S/C30H43NO10S2/c1-21-7-11-27(12-8-21)42(33,34)31(17-23-15-25(19-32)40-29(3,4)38-23)18-24-16-26(41-30(5,6)39-24)20-37-43(35,36)28-13-9-22(2)10-14-28/h7-14,23-26,32H,15-20H2,1-6H3/t23-,24-,25+,26+/m1/s1. The summed E-state index contributed by atoms with van der Waals surface area (Å²) in [6.45, 7) is 10.0. The van der Waals surface area contributed by atoms with E-state index in [-0.39, 0.29) is 42.5 Å². The summed E-state index contributed by atoms with van der Waals surface area (Å²) >= 11 is 0. The van der Waals surface area contributed by atoms with Gasteiger partial charge >= 0.3 is 0 Å². The molecule has 0 bridgehead atoms. The van der Waals surface area contributed by atoms with Crippen molar-refractivity contribution in [2.75, 3.05) is 26.3 Å². The lowest BCUT2D eigenvalue weighted by atomic mass is 10.1. The zero-order valence-electron chi connectivity index (χ0n) is 25.6. The fourth-order valence-electron chi connectivity index (χ4n) is 5.40. The molecule has 11 nitrogen and oxygen atoms in total. The number of aryl methyl sites for hydroxylation is 2. The molecule has 0 amide bonds. The van der Waals surface area contributed by atoms with E-state index in [0.717, 1.165) is 11.1 Å². The molecule has 2 saturated heterocycles. The molecule has 43 heavy (non-hydrogen) atoms. The summed E-state index contributed by atoms with van der Waals surface area (Å²) in [4.78, 5) is 0.162. The third-order valence-corrected chi connectivity index (χ3v) is 10.4. The average molecular weight is 642 g/mol. The fraction of sp³-hybridized carbons (Fsp3) is 0.600.